The van der Waals surface area contributed by atoms with Crippen molar-refractivity contribution in [3.63, 3.8) is 0 Å². The Morgan fingerprint density at radius 1 is 1.38 bits per heavy atom. The molecule has 0 aliphatic rings. The minimum atomic E-state index is -0.517. The number of aromatic nitrogens is 2. The van der Waals surface area contributed by atoms with Crippen LogP contribution in [0.5, 0.6) is 5.75 Å². The highest BCUT2D eigenvalue weighted by Gasteiger charge is 2.19. The molecule has 1 amide bonds. The highest BCUT2D eigenvalue weighted by atomic mass is 35.5. The number of halogens is 1. The van der Waals surface area contributed by atoms with Crippen LogP contribution < -0.4 is 15.8 Å². The number of anilines is 1. The molecular weight excluding hydrogens is 332 g/mol. The predicted molar refractivity (Wildman–Crippen MR) is 93.1 cm³/mol. The van der Waals surface area contributed by atoms with Gasteiger partial charge in [0.05, 0.1) is 6.04 Å². The fourth-order valence-corrected chi connectivity index (χ4v) is 1.92. The number of carbonyl (C=O) groups excluding carboxylic acids is 1. The predicted octanol–water partition coefficient (Wildman–Crippen LogP) is 2.69. The molecule has 0 bridgehead atoms. The number of carbonyl (C=O) groups is 1. The van der Waals surface area contributed by atoms with E-state index in [2.05, 4.69) is 15.5 Å². The van der Waals surface area contributed by atoms with Crippen LogP contribution in [0, 0.1) is 12.8 Å². The second kappa shape index (κ2) is 9.24. The molecule has 0 fully saturated rings. The van der Waals surface area contributed by atoms with Gasteiger partial charge in [0.25, 0.3) is 5.89 Å². The van der Waals surface area contributed by atoms with E-state index in [-0.39, 0.29) is 30.8 Å². The number of hydrogen-bond donors (Lipinski definition) is 2. The molecule has 1 aromatic heterocycles. The average Bonchev–Trinajstić information content (AvgIpc) is 2.98. The molecule has 2 rings (SSSR count). The number of nitrogens with one attached hydrogen (secondary N) is 1. The van der Waals surface area contributed by atoms with Crippen molar-refractivity contribution in [1.82, 2.24) is 10.1 Å². The van der Waals surface area contributed by atoms with Crippen LogP contribution in [0.2, 0.25) is 0 Å². The van der Waals surface area contributed by atoms with E-state index in [0.29, 0.717) is 23.2 Å². The smallest absolute Gasteiger partial charge is 0.264 e. The van der Waals surface area contributed by atoms with Crippen LogP contribution in [0.4, 0.5) is 5.69 Å². The molecule has 0 saturated carbocycles. The molecule has 1 aromatic carbocycles. The Kier molecular flexibility index (Phi) is 7.67. The molecular formula is C16H23ClN4O3. The molecule has 3 N–H and O–H groups in total. The average molecular weight is 355 g/mol. The zero-order valence-electron chi connectivity index (χ0n) is 14.0. The van der Waals surface area contributed by atoms with Crippen LogP contribution in [-0.2, 0) is 11.4 Å². The first-order chi connectivity index (χ1) is 11.0. The minimum absolute atomic E-state index is 0. The van der Waals surface area contributed by atoms with Gasteiger partial charge >= 0.3 is 0 Å². The van der Waals surface area contributed by atoms with Crippen LogP contribution in [-0.4, -0.2) is 22.1 Å². The third-order valence-corrected chi connectivity index (χ3v) is 3.61. The standard InChI is InChI=1S/C16H22N4O3.ClH/c1-4-10(2)15(17)16(21)19-12-5-7-13(8-6-12)22-9-14-18-11(3)20-23-14;/h5-8,10,15H,4,9,17H2,1-3H3,(H,19,21);1H. The molecule has 2 aromatic rings. The van der Waals surface area contributed by atoms with E-state index >= 15 is 0 Å². The molecule has 2 unspecified atom stereocenters. The summed E-state index contributed by atoms with van der Waals surface area (Å²) in [7, 11) is 0. The van der Waals surface area contributed by atoms with Crippen molar-refractivity contribution in [1.29, 1.82) is 0 Å². The van der Waals surface area contributed by atoms with Gasteiger partial charge in [-0.2, -0.15) is 4.98 Å². The molecule has 0 aliphatic carbocycles. The Morgan fingerprint density at radius 3 is 2.58 bits per heavy atom. The summed E-state index contributed by atoms with van der Waals surface area (Å²) >= 11 is 0. The lowest BCUT2D eigenvalue weighted by Crippen LogP contribution is -2.40. The number of nitrogens with two attached hydrogens (primary N) is 1. The number of nitrogens with zero attached hydrogens (tertiary/aromatic N) is 2. The lowest BCUT2D eigenvalue weighted by molar-refractivity contribution is -0.118. The summed E-state index contributed by atoms with van der Waals surface area (Å²) in [5.74, 6) is 1.58. The van der Waals surface area contributed by atoms with Gasteiger partial charge in [-0.1, -0.05) is 25.4 Å². The summed E-state index contributed by atoms with van der Waals surface area (Å²) < 4.78 is 10.5. The van der Waals surface area contributed by atoms with Gasteiger partial charge in [0, 0.05) is 5.69 Å². The topological polar surface area (TPSA) is 103 Å². The maximum absolute atomic E-state index is 12.0. The van der Waals surface area contributed by atoms with Crippen molar-refractivity contribution >= 4 is 24.0 Å². The summed E-state index contributed by atoms with van der Waals surface area (Å²) in [5, 5.41) is 6.49. The third-order valence-electron chi connectivity index (χ3n) is 3.61. The van der Waals surface area contributed by atoms with Crippen molar-refractivity contribution in [2.45, 2.75) is 39.8 Å². The summed E-state index contributed by atoms with van der Waals surface area (Å²) in [6.07, 6.45) is 0.858. The summed E-state index contributed by atoms with van der Waals surface area (Å²) in [6, 6.07) is 6.52. The van der Waals surface area contributed by atoms with E-state index in [1.165, 1.54) is 0 Å². The molecule has 132 valence electrons. The summed E-state index contributed by atoms with van der Waals surface area (Å²) in [6.45, 7) is 5.91. The number of aryl methyl sites for hydroxylation is 1. The SMILES string of the molecule is CCC(C)C(N)C(=O)Nc1ccc(OCc2nc(C)no2)cc1.Cl. The van der Waals surface area contributed by atoms with Crippen molar-refractivity contribution < 1.29 is 14.1 Å². The van der Waals surface area contributed by atoms with Gasteiger partial charge in [-0.25, -0.2) is 0 Å². The number of ether oxygens (including phenoxy) is 1. The van der Waals surface area contributed by atoms with Crippen molar-refractivity contribution in [3.8, 4) is 5.75 Å². The van der Waals surface area contributed by atoms with Crippen LogP contribution in [0.25, 0.3) is 0 Å². The molecule has 0 aliphatic heterocycles. The van der Waals surface area contributed by atoms with Gasteiger partial charge < -0.3 is 20.3 Å². The van der Waals surface area contributed by atoms with Gasteiger partial charge in [0.2, 0.25) is 5.91 Å². The third kappa shape index (κ3) is 5.50. The number of rotatable bonds is 7. The molecule has 2 atom stereocenters. The summed E-state index contributed by atoms with van der Waals surface area (Å²) in [4.78, 5) is 16.1. The van der Waals surface area contributed by atoms with Crippen LogP contribution in [0.15, 0.2) is 28.8 Å². The number of amides is 1. The fraction of sp³-hybridized carbons (Fsp3) is 0.438. The molecule has 0 saturated heterocycles. The zero-order valence-corrected chi connectivity index (χ0v) is 14.8. The van der Waals surface area contributed by atoms with Gasteiger partial charge in [0.1, 0.15) is 5.75 Å². The Hall–Kier alpha value is -2.12. The van der Waals surface area contributed by atoms with Crippen LogP contribution >= 0.6 is 12.4 Å². The van der Waals surface area contributed by atoms with E-state index in [9.17, 15) is 4.79 Å². The molecule has 24 heavy (non-hydrogen) atoms. The van der Waals surface area contributed by atoms with E-state index in [0.717, 1.165) is 6.42 Å². The largest absolute Gasteiger partial charge is 0.484 e. The van der Waals surface area contributed by atoms with Crippen molar-refractivity contribution in [2.75, 3.05) is 5.32 Å². The quantitative estimate of drug-likeness (QED) is 0.792. The van der Waals surface area contributed by atoms with Crippen molar-refractivity contribution in [2.24, 2.45) is 11.7 Å². The number of hydrogen-bond acceptors (Lipinski definition) is 6. The Labute approximate surface area is 147 Å². The van der Waals surface area contributed by atoms with Crippen LogP contribution in [0.3, 0.4) is 0 Å². The molecule has 0 spiro atoms. The van der Waals surface area contributed by atoms with Crippen molar-refractivity contribution in [3.05, 3.63) is 36.0 Å². The molecule has 8 heteroatoms. The van der Waals surface area contributed by atoms with E-state index in [4.69, 9.17) is 15.0 Å². The van der Waals surface area contributed by atoms with Gasteiger partial charge in [0.15, 0.2) is 12.4 Å². The van der Waals surface area contributed by atoms with Crippen LogP contribution in [0.1, 0.15) is 32.0 Å². The highest BCUT2D eigenvalue weighted by Crippen LogP contribution is 2.17. The number of benzene rings is 1. The van der Waals surface area contributed by atoms with E-state index in [1.54, 1.807) is 31.2 Å². The van der Waals surface area contributed by atoms with Gasteiger partial charge in [-0.3, -0.25) is 4.79 Å². The normalized spacial score (nSPS) is 12.8. The first-order valence-corrected chi connectivity index (χ1v) is 7.58. The summed E-state index contributed by atoms with van der Waals surface area (Å²) in [5.41, 5.74) is 6.58. The molecule has 1 heterocycles. The second-order valence-electron chi connectivity index (χ2n) is 5.45. The maximum Gasteiger partial charge on any atom is 0.264 e. The van der Waals surface area contributed by atoms with Gasteiger partial charge in [-0.15, -0.1) is 12.4 Å². The first kappa shape index (κ1) is 19.9. The monoisotopic (exact) mass is 354 g/mol. The lowest BCUT2D eigenvalue weighted by atomic mass is 9.99. The first-order valence-electron chi connectivity index (χ1n) is 7.58. The maximum atomic E-state index is 12.0. The fourth-order valence-electron chi connectivity index (χ4n) is 1.92. The van der Waals surface area contributed by atoms with Gasteiger partial charge in [-0.05, 0) is 37.1 Å². The Morgan fingerprint density at radius 2 is 2.04 bits per heavy atom. The molecule has 0 radical (unpaired) electrons. The molecule has 7 nitrogen and oxygen atoms in total. The Bertz CT molecular complexity index is 645. The highest BCUT2D eigenvalue weighted by molar-refractivity contribution is 5.94. The second-order valence-corrected chi connectivity index (χ2v) is 5.45. The van der Waals surface area contributed by atoms with E-state index in [1.807, 2.05) is 13.8 Å². The zero-order chi connectivity index (χ0) is 16.8. The van der Waals surface area contributed by atoms with E-state index < -0.39 is 6.04 Å². The minimum Gasteiger partial charge on any atom is -0.484 e. The Balaban J connectivity index is 0.00000288. The lowest BCUT2D eigenvalue weighted by Gasteiger charge is -2.17.